The highest BCUT2D eigenvalue weighted by Crippen LogP contribution is 2.48. The number of allylic oxidation sites excluding steroid dienone is 1. The second-order valence-corrected chi connectivity index (χ2v) is 9.35. The van der Waals surface area contributed by atoms with Gasteiger partial charge in [-0.2, -0.15) is 5.10 Å². The van der Waals surface area contributed by atoms with Crippen molar-refractivity contribution in [3.63, 3.8) is 0 Å². The van der Waals surface area contributed by atoms with Gasteiger partial charge in [-0.1, -0.05) is 41.4 Å². The standard InChI is InChI=1S/C22H22Cl2F3N5O2/c1-2-3-16(25)21(10-22(26,27)11-21)29-20(34)31-6-7-32-15(9-31)17(19(28)33)18(30-32)12-4-5-13(23)14(24)8-12/h2-5,8,16H,6-7,9-11H2,1H3,(H2,28,33)(H,29,34). The van der Waals surface area contributed by atoms with E-state index in [2.05, 4.69) is 10.4 Å². The van der Waals surface area contributed by atoms with Crippen molar-refractivity contribution in [1.29, 1.82) is 0 Å². The molecule has 4 rings (SSSR count). The molecule has 1 atom stereocenters. The Hall–Kier alpha value is -2.72. The minimum absolute atomic E-state index is 0.0640. The van der Waals surface area contributed by atoms with E-state index in [1.165, 1.54) is 11.0 Å². The minimum atomic E-state index is -3.05. The summed E-state index contributed by atoms with van der Waals surface area (Å²) in [4.78, 5) is 26.6. The first kappa shape index (κ1) is 24.4. The molecule has 0 spiro atoms. The molecule has 3 amide bonds. The quantitative estimate of drug-likeness (QED) is 0.571. The lowest BCUT2D eigenvalue weighted by atomic mass is 9.70. The number of amides is 3. The van der Waals surface area contributed by atoms with Crippen LogP contribution in [0.15, 0.2) is 30.4 Å². The number of nitrogens with two attached hydrogens (primary N) is 1. The number of aromatic nitrogens is 2. The molecule has 1 aromatic heterocycles. The van der Waals surface area contributed by atoms with Crippen LogP contribution < -0.4 is 11.1 Å². The number of urea groups is 1. The third-order valence-electron chi connectivity index (χ3n) is 6.10. The van der Waals surface area contributed by atoms with Crippen molar-refractivity contribution in [2.75, 3.05) is 6.54 Å². The predicted molar refractivity (Wildman–Crippen MR) is 122 cm³/mol. The topological polar surface area (TPSA) is 93.2 Å². The zero-order chi connectivity index (χ0) is 24.8. The number of hydrogen-bond donors (Lipinski definition) is 2. The van der Waals surface area contributed by atoms with Crippen LogP contribution in [0.25, 0.3) is 11.3 Å². The predicted octanol–water partition coefficient (Wildman–Crippen LogP) is 4.56. The Bertz CT molecular complexity index is 1180. The largest absolute Gasteiger partial charge is 0.365 e. The van der Waals surface area contributed by atoms with Gasteiger partial charge in [0.25, 0.3) is 11.8 Å². The molecule has 0 radical (unpaired) electrons. The smallest absolute Gasteiger partial charge is 0.318 e. The summed E-state index contributed by atoms with van der Waals surface area (Å²) in [6, 6.07) is 4.05. The number of alkyl halides is 3. The number of rotatable bonds is 5. The van der Waals surface area contributed by atoms with Crippen LogP contribution in [-0.2, 0) is 13.1 Å². The summed E-state index contributed by atoms with van der Waals surface area (Å²) in [6.07, 6.45) is -0.791. The number of halogens is 5. The maximum atomic E-state index is 14.7. The molecule has 1 fully saturated rings. The van der Waals surface area contributed by atoms with Crippen LogP contribution in [0.2, 0.25) is 10.0 Å². The summed E-state index contributed by atoms with van der Waals surface area (Å²) in [5.41, 5.74) is 5.24. The van der Waals surface area contributed by atoms with Gasteiger partial charge in [-0.15, -0.1) is 0 Å². The maximum Gasteiger partial charge on any atom is 0.318 e. The molecule has 34 heavy (non-hydrogen) atoms. The number of nitrogens with one attached hydrogen (secondary N) is 1. The summed E-state index contributed by atoms with van der Waals surface area (Å²) < 4.78 is 43.5. The van der Waals surface area contributed by atoms with E-state index in [1.54, 1.807) is 29.8 Å². The van der Waals surface area contributed by atoms with Gasteiger partial charge in [0.2, 0.25) is 0 Å². The first-order valence-corrected chi connectivity index (χ1v) is 11.3. The molecule has 1 aliphatic heterocycles. The SMILES string of the molecule is CC=CC(F)C1(NC(=O)N2CCn3nc(-c4ccc(Cl)c(Cl)c4)c(C(N)=O)c3C2)CC(F)(F)C1. The number of nitrogens with zero attached hydrogens (tertiary/aromatic N) is 3. The van der Waals surface area contributed by atoms with Gasteiger partial charge in [0.15, 0.2) is 0 Å². The molecule has 0 bridgehead atoms. The summed E-state index contributed by atoms with van der Waals surface area (Å²) in [7, 11) is 0. The molecule has 1 unspecified atom stereocenters. The van der Waals surface area contributed by atoms with Crippen molar-refractivity contribution >= 4 is 35.1 Å². The van der Waals surface area contributed by atoms with Crippen molar-refractivity contribution in [1.82, 2.24) is 20.0 Å². The number of carbonyl (C=O) groups is 2. The molecule has 1 aromatic carbocycles. The second-order valence-electron chi connectivity index (χ2n) is 8.53. The number of primary amides is 1. The molecule has 1 aliphatic carbocycles. The fourth-order valence-electron chi connectivity index (χ4n) is 4.46. The molecule has 182 valence electrons. The van der Waals surface area contributed by atoms with Crippen LogP contribution in [-0.4, -0.2) is 50.8 Å². The molecule has 1 saturated carbocycles. The van der Waals surface area contributed by atoms with E-state index in [-0.39, 0.29) is 35.9 Å². The normalized spacial score (nSPS) is 19.4. The molecule has 12 heteroatoms. The van der Waals surface area contributed by atoms with E-state index in [1.807, 2.05) is 0 Å². The second kappa shape index (κ2) is 8.81. The Kier molecular flexibility index (Phi) is 6.32. The highest BCUT2D eigenvalue weighted by atomic mass is 35.5. The number of benzene rings is 1. The molecule has 2 heterocycles. The van der Waals surface area contributed by atoms with Gasteiger partial charge >= 0.3 is 6.03 Å². The highest BCUT2D eigenvalue weighted by molar-refractivity contribution is 6.42. The number of carbonyl (C=O) groups excluding carboxylic acids is 2. The van der Waals surface area contributed by atoms with Gasteiger partial charge in [-0.3, -0.25) is 9.48 Å². The average molecular weight is 516 g/mol. The van der Waals surface area contributed by atoms with E-state index in [9.17, 15) is 22.8 Å². The van der Waals surface area contributed by atoms with Crippen molar-refractivity contribution < 1.29 is 22.8 Å². The van der Waals surface area contributed by atoms with Crippen LogP contribution in [0.4, 0.5) is 18.0 Å². The first-order chi connectivity index (χ1) is 16.0. The Morgan fingerprint density at radius 3 is 2.53 bits per heavy atom. The van der Waals surface area contributed by atoms with Crippen molar-refractivity contribution in [3.8, 4) is 11.3 Å². The summed E-state index contributed by atoms with van der Waals surface area (Å²) >= 11 is 12.1. The minimum Gasteiger partial charge on any atom is -0.365 e. The number of hydrogen-bond acceptors (Lipinski definition) is 3. The third kappa shape index (κ3) is 4.36. The van der Waals surface area contributed by atoms with E-state index < -0.39 is 42.4 Å². The van der Waals surface area contributed by atoms with Crippen molar-refractivity contribution in [2.45, 2.75) is 50.5 Å². The molecule has 0 saturated heterocycles. The Balaban J connectivity index is 1.60. The Labute approximate surface area is 203 Å². The first-order valence-electron chi connectivity index (χ1n) is 10.5. The van der Waals surface area contributed by atoms with Gasteiger partial charge < -0.3 is 16.0 Å². The zero-order valence-corrected chi connectivity index (χ0v) is 19.6. The fourth-order valence-corrected chi connectivity index (χ4v) is 4.76. The summed E-state index contributed by atoms with van der Waals surface area (Å²) in [6.45, 7) is 1.90. The molecule has 7 nitrogen and oxygen atoms in total. The lowest BCUT2D eigenvalue weighted by Crippen LogP contribution is -2.68. The zero-order valence-electron chi connectivity index (χ0n) is 18.1. The molecular weight excluding hydrogens is 494 g/mol. The Morgan fingerprint density at radius 1 is 1.24 bits per heavy atom. The molecule has 2 aromatic rings. The van der Waals surface area contributed by atoms with E-state index in [0.29, 0.717) is 16.3 Å². The van der Waals surface area contributed by atoms with E-state index in [4.69, 9.17) is 28.9 Å². The van der Waals surface area contributed by atoms with Crippen molar-refractivity contribution in [2.24, 2.45) is 5.73 Å². The van der Waals surface area contributed by atoms with Gasteiger partial charge in [-0.05, 0) is 19.1 Å². The fraction of sp³-hybridized carbons (Fsp3) is 0.409. The average Bonchev–Trinajstić information content (AvgIpc) is 3.13. The molecular formula is C22H22Cl2F3N5O2. The van der Waals surface area contributed by atoms with Crippen LogP contribution in [0.1, 0.15) is 35.8 Å². The van der Waals surface area contributed by atoms with Gasteiger partial charge in [-0.25, -0.2) is 18.0 Å². The Morgan fingerprint density at radius 2 is 1.94 bits per heavy atom. The lowest BCUT2D eigenvalue weighted by Gasteiger charge is -2.49. The highest BCUT2D eigenvalue weighted by Gasteiger charge is 2.61. The summed E-state index contributed by atoms with van der Waals surface area (Å²) in [5, 5.41) is 7.54. The van der Waals surface area contributed by atoms with Gasteiger partial charge in [0.1, 0.15) is 11.9 Å². The van der Waals surface area contributed by atoms with Gasteiger partial charge in [0.05, 0.1) is 39.9 Å². The van der Waals surface area contributed by atoms with Crippen LogP contribution in [0, 0.1) is 0 Å². The molecule has 2 aliphatic rings. The van der Waals surface area contributed by atoms with Crippen LogP contribution >= 0.6 is 23.2 Å². The van der Waals surface area contributed by atoms with E-state index in [0.717, 1.165) is 6.08 Å². The van der Waals surface area contributed by atoms with Crippen LogP contribution in [0.3, 0.4) is 0 Å². The lowest BCUT2D eigenvalue weighted by molar-refractivity contribution is -0.146. The summed E-state index contributed by atoms with van der Waals surface area (Å²) in [5.74, 6) is -3.80. The monoisotopic (exact) mass is 515 g/mol. The number of fused-ring (bicyclic) bond motifs is 1. The maximum absolute atomic E-state index is 14.7. The van der Waals surface area contributed by atoms with E-state index >= 15 is 0 Å². The van der Waals surface area contributed by atoms with Crippen molar-refractivity contribution in [3.05, 3.63) is 51.7 Å². The van der Waals surface area contributed by atoms with Crippen LogP contribution in [0.5, 0.6) is 0 Å². The van der Waals surface area contributed by atoms with Gasteiger partial charge in [0, 0.05) is 24.9 Å². The molecule has 3 N–H and O–H groups in total. The third-order valence-corrected chi connectivity index (χ3v) is 6.84.